The van der Waals surface area contributed by atoms with Gasteiger partial charge in [0.25, 0.3) is 0 Å². The van der Waals surface area contributed by atoms with E-state index in [2.05, 4.69) is 0 Å². The van der Waals surface area contributed by atoms with Crippen molar-refractivity contribution < 1.29 is 19.0 Å². The van der Waals surface area contributed by atoms with Gasteiger partial charge in [0.05, 0.1) is 5.56 Å². The minimum atomic E-state index is -1.25. The largest absolute Gasteiger partial charge is 0.478 e. The molecule has 21 heavy (non-hydrogen) atoms. The number of hydrogen-bond donors (Lipinski definition) is 2. The summed E-state index contributed by atoms with van der Waals surface area (Å²) in [6, 6.07) is 5.36. The average molecular weight is 310 g/mol. The molecule has 6 heteroatoms. The van der Waals surface area contributed by atoms with Crippen molar-refractivity contribution in [3.8, 4) is 11.5 Å². The van der Waals surface area contributed by atoms with Gasteiger partial charge < -0.3 is 15.6 Å². The Balaban J connectivity index is 2.50. The van der Waals surface area contributed by atoms with Crippen molar-refractivity contribution in [2.24, 2.45) is 0 Å². The van der Waals surface area contributed by atoms with E-state index < -0.39 is 11.8 Å². The number of aromatic carboxylic acids is 1. The van der Waals surface area contributed by atoms with E-state index >= 15 is 0 Å². The van der Waals surface area contributed by atoms with Crippen molar-refractivity contribution >= 4 is 23.3 Å². The number of carboxylic acid groups (broad SMARTS) is 1. The van der Waals surface area contributed by atoms with Gasteiger partial charge in [-0.3, -0.25) is 0 Å². The molecule has 3 N–H and O–H groups in total. The standard InChI is InChI=1S/C15H13ClFNO3/c1-7-3-9(16)4-8(2)14(7)21-13-5-10(15(19)20)12(18)6-11(13)17/h3-6H,18H2,1-2H3,(H,19,20). The summed E-state index contributed by atoms with van der Waals surface area (Å²) in [5.74, 6) is -1.75. The molecule has 0 amide bonds. The Bertz CT molecular complexity index is 708. The number of carboxylic acids is 1. The first-order valence-corrected chi connectivity index (χ1v) is 6.44. The van der Waals surface area contributed by atoms with Crippen molar-refractivity contribution in [3.63, 3.8) is 0 Å². The lowest BCUT2D eigenvalue weighted by molar-refractivity contribution is 0.0697. The molecule has 0 bridgehead atoms. The molecule has 0 aliphatic rings. The highest BCUT2D eigenvalue weighted by atomic mass is 35.5. The number of anilines is 1. The molecule has 0 fully saturated rings. The highest BCUT2D eigenvalue weighted by Crippen LogP contribution is 2.34. The zero-order valence-electron chi connectivity index (χ0n) is 11.4. The molecular weight excluding hydrogens is 297 g/mol. The lowest BCUT2D eigenvalue weighted by Crippen LogP contribution is -2.04. The van der Waals surface area contributed by atoms with Crippen LogP contribution in [0, 0.1) is 19.7 Å². The van der Waals surface area contributed by atoms with E-state index in [9.17, 15) is 9.18 Å². The molecule has 2 aromatic carbocycles. The Morgan fingerprint density at radius 3 is 2.33 bits per heavy atom. The smallest absolute Gasteiger partial charge is 0.337 e. The van der Waals surface area contributed by atoms with Crippen LogP contribution in [0.4, 0.5) is 10.1 Å². The van der Waals surface area contributed by atoms with Crippen LogP contribution in [0.1, 0.15) is 21.5 Å². The molecule has 0 saturated heterocycles. The van der Waals surface area contributed by atoms with E-state index in [0.717, 1.165) is 12.1 Å². The molecule has 0 unspecified atom stereocenters. The van der Waals surface area contributed by atoms with Crippen LogP contribution < -0.4 is 10.5 Å². The maximum Gasteiger partial charge on any atom is 0.337 e. The topological polar surface area (TPSA) is 72.5 Å². The molecule has 2 rings (SSSR count). The van der Waals surface area contributed by atoms with Crippen LogP contribution in [0.3, 0.4) is 0 Å². The highest BCUT2D eigenvalue weighted by Gasteiger charge is 2.16. The number of aryl methyl sites for hydroxylation is 2. The second-order valence-corrected chi connectivity index (χ2v) is 5.08. The lowest BCUT2D eigenvalue weighted by Gasteiger charge is -2.14. The van der Waals surface area contributed by atoms with Crippen LogP contribution in [0.15, 0.2) is 24.3 Å². The van der Waals surface area contributed by atoms with Gasteiger partial charge in [-0.05, 0) is 37.1 Å². The number of hydrogen-bond acceptors (Lipinski definition) is 3. The Hall–Kier alpha value is -2.27. The zero-order valence-corrected chi connectivity index (χ0v) is 12.2. The zero-order chi connectivity index (χ0) is 15.7. The third-order valence-corrected chi connectivity index (χ3v) is 3.19. The number of rotatable bonds is 3. The number of benzene rings is 2. The van der Waals surface area contributed by atoms with E-state index in [-0.39, 0.29) is 17.0 Å². The van der Waals surface area contributed by atoms with Crippen LogP contribution in [-0.4, -0.2) is 11.1 Å². The Labute approximate surface area is 125 Å². The summed E-state index contributed by atoms with van der Waals surface area (Å²) in [7, 11) is 0. The van der Waals surface area contributed by atoms with Crippen LogP contribution in [0.2, 0.25) is 5.02 Å². The van der Waals surface area contributed by atoms with Gasteiger partial charge >= 0.3 is 5.97 Å². The minimum Gasteiger partial charge on any atom is -0.478 e. The Morgan fingerprint density at radius 1 is 1.24 bits per heavy atom. The van der Waals surface area contributed by atoms with Gasteiger partial charge in [-0.2, -0.15) is 0 Å². The monoisotopic (exact) mass is 309 g/mol. The maximum absolute atomic E-state index is 13.9. The lowest BCUT2D eigenvalue weighted by atomic mass is 10.1. The van der Waals surface area contributed by atoms with Crippen LogP contribution >= 0.6 is 11.6 Å². The first kappa shape index (κ1) is 15.1. The van der Waals surface area contributed by atoms with E-state index in [4.69, 9.17) is 27.2 Å². The third kappa shape index (κ3) is 3.08. The number of halogens is 2. The van der Waals surface area contributed by atoms with Crippen molar-refractivity contribution in [2.75, 3.05) is 5.73 Å². The van der Waals surface area contributed by atoms with Gasteiger partial charge in [0.2, 0.25) is 0 Å². The summed E-state index contributed by atoms with van der Waals surface area (Å²) in [5.41, 5.74) is 6.53. The Morgan fingerprint density at radius 2 is 1.81 bits per heavy atom. The van der Waals surface area contributed by atoms with Gasteiger partial charge in [0, 0.05) is 22.8 Å². The SMILES string of the molecule is Cc1cc(Cl)cc(C)c1Oc1cc(C(=O)O)c(N)cc1F. The number of ether oxygens (including phenoxy) is 1. The van der Waals surface area contributed by atoms with Crippen LogP contribution in [0.5, 0.6) is 11.5 Å². The fourth-order valence-electron chi connectivity index (χ4n) is 2.00. The van der Waals surface area contributed by atoms with Gasteiger partial charge in [-0.15, -0.1) is 0 Å². The predicted molar refractivity (Wildman–Crippen MR) is 78.8 cm³/mol. The quantitative estimate of drug-likeness (QED) is 0.835. The third-order valence-electron chi connectivity index (χ3n) is 2.97. The van der Waals surface area contributed by atoms with Gasteiger partial charge in [0.15, 0.2) is 11.6 Å². The fraction of sp³-hybridized carbons (Fsp3) is 0.133. The molecule has 0 radical (unpaired) electrons. The summed E-state index contributed by atoms with van der Waals surface area (Å²) in [6.07, 6.45) is 0. The maximum atomic E-state index is 13.9. The minimum absolute atomic E-state index is 0.156. The van der Waals surface area contributed by atoms with Crippen molar-refractivity contribution in [2.45, 2.75) is 13.8 Å². The van der Waals surface area contributed by atoms with Gasteiger partial charge in [-0.25, -0.2) is 9.18 Å². The van der Waals surface area contributed by atoms with E-state index in [1.807, 2.05) is 0 Å². The normalized spacial score (nSPS) is 10.5. The number of nitrogen functional groups attached to an aromatic ring is 1. The first-order chi connectivity index (χ1) is 9.79. The summed E-state index contributed by atoms with van der Waals surface area (Å²) in [4.78, 5) is 11.0. The summed E-state index contributed by atoms with van der Waals surface area (Å²) >= 11 is 5.92. The van der Waals surface area contributed by atoms with E-state index in [0.29, 0.717) is 21.9 Å². The van der Waals surface area contributed by atoms with Crippen LogP contribution in [0.25, 0.3) is 0 Å². The summed E-state index contributed by atoms with van der Waals surface area (Å²) in [6.45, 7) is 3.53. The number of nitrogens with two attached hydrogens (primary N) is 1. The molecule has 0 saturated carbocycles. The molecule has 0 atom stereocenters. The van der Waals surface area contributed by atoms with E-state index in [1.165, 1.54) is 0 Å². The molecule has 4 nitrogen and oxygen atoms in total. The molecule has 0 aromatic heterocycles. The summed E-state index contributed by atoms with van der Waals surface area (Å²) in [5, 5.41) is 9.56. The Kier molecular flexibility index (Phi) is 4.04. The molecule has 0 heterocycles. The molecule has 110 valence electrons. The molecule has 0 aliphatic carbocycles. The van der Waals surface area contributed by atoms with Crippen LogP contribution in [-0.2, 0) is 0 Å². The predicted octanol–water partition coefficient (Wildman–Crippen LogP) is 4.17. The highest BCUT2D eigenvalue weighted by molar-refractivity contribution is 6.30. The molecule has 0 aliphatic heterocycles. The van der Waals surface area contributed by atoms with Gasteiger partial charge in [0.1, 0.15) is 5.75 Å². The number of carbonyl (C=O) groups is 1. The first-order valence-electron chi connectivity index (χ1n) is 6.06. The second-order valence-electron chi connectivity index (χ2n) is 4.65. The van der Waals surface area contributed by atoms with E-state index in [1.54, 1.807) is 26.0 Å². The average Bonchev–Trinajstić information content (AvgIpc) is 2.35. The molecule has 2 aromatic rings. The second kappa shape index (κ2) is 5.61. The van der Waals surface area contributed by atoms with Gasteiger partial charge in [-0.1, -0.05) is 11.6 Å². The van der Waals surface area contributed by atoms with Crippen molar-refractivity contribution in [3.05, 3.63) is 51.8 Å². The molecule has 0 spiro atoms. The van der Waals surface area contributed by atoms with Crippen molar-refractivity contribution in [1.29, 1.82) is 0 Å². The summed E-state index contributed by atoms with van der Waals surface area (Å²) < 4.78 is 19.4. The van der Waals surface area contributed by atoms with Crippen molar-refractivity contribution in [1.82, 2.24) is 0 Å². The fourth-order valence-corrected chi connectivity index (χ4v) is 2.33. The molecular formula is C15H13ClFNO3.